The first kappa shape index (κ1) is 18.4. The highest BCUT2D eigenvalue weighted by molar-refractivity contribution is 9.10. The van der Waals surface area contributed by atoms with E-state index in [-0.39, 0.29) is 11.6 Å². The van der Waals surface area contributed by atoms with E-state index < -0.39 is 4.92 Å². The van der Waals surface area contributed by atoms with E-state index in [0.717, 1.165) is 35.2 Å². The Balaban J connectivity index is 1.50. The molecule has 1 heterocycles. The molecule has 1 amide bonds. The Labute approximate surface area is 160 Å². The number of amides is 1. The molecule has 3 rings (SSSR count). The van der Waals surface area contributed by atoms with Crippen LogP contribution in [0, 0.1) is 10.1 Å². The molecule has 0 radical (unpaired) electrons. The van der Waals surface area contributed by atoms with Crippen LogP contribution in [0.25, 0.3) is 0 Å². The molecule has 0 bridgehead atoms. The van der Waals surface area contributed by atoms with E-state index in [9.17, 15) is 14.9 Å². The summed E-state index contributed by atoms with van der Waals surface area (Å²) in [6.07, 6.45) is 1.23. The van der Waals surface area contributed by atoms with Crippen LogP contribution in [0.5, 0.6) is 0 Å². The lowest BCUT2D eigenvalue weighted by atomic mass is 10.1. The number of non-ortho nitro benzene ring substituents is 1. The molecular weight excluding hydrogens is 398 g/mol. The molecule has 0 atom stereocenters. The van der Waals surface area contributed by atoms with Gasteiger partial charge in [0.1, 0.15) is 0 Å². The summed E-state index contributed by atoms with van der Waals surface area (Å²) >= 11 is 3.52. The number of nitro groups is 1. The van der Waals surface area contributed by atoms with E-state index in [0.29, 0.717) is 19.5 Å². The number of nitrogens with zero attached hydrogens (tertiary/aromatic N) is 3. The second kappa shape index (κ2) is 8.31. The zero-order valence-electron chi connectivity index (χ0n) is 14.3. The number of benzene rings is 2. The van der Waals surface area contributed by atoms with Gasteiger partial charge >= 0.3 is 0 Å². The highest BCUT2D eigenvalue weighted by Gasteiger charge is 2.21. The Morgan fingerprint density at radius 3 is 2.31 bits per heavy atom. The van der Waals surface area contributed by atoms with E-state index >= 15 is 0 Å². The average molecular weight is 418 g/mol. The average Bonchev–Trinajstić information content (AvgIpc) is 2.67. The van der Waals surface area contributed by atoms with Crippen LogP contribution in [0.2, 0.25) is 0 Å². The molecule has 136 valence electrons. The van der Waals surface area contributed by atoms with Crippen LogP contribution < -0.4 is 4.90 Å². The van der Waals surface area contributed by atoms with Crippen molar-refractivity contribution in [2.24, 2.45) is 0 Å². The summed E-state index contributed by atoms with van der Waals surface area (Å²) in [6.45, 7) is 2.81. The number of hydrogen-bond donors (Lipinski definition) is 0. The van der Waals surface area contributed by atoms with Gasteiger partial charge in [-0.25, -0.2) is 0 Å². The summed E-state index contributed by atoms with van der Waals surface area (Å²) in [7, 11) is 0. The monoisotopic (exact) mass is 417 g/mol. The summed E-state index contributed by atoms with van der Waals surface area (Å²) in [6, 6.07) is 14.5. The van der Waals surface area contributed by atoms with E-state index in [1.807, 2.05) is 29.2 Å². The molecule has 1 fully saturated rings. The maximum atomic E-state index is 12.5. The molecule has 2 aromatic rings. The number of hydrogen-bond acceptors (Lipinski definition) is 4. The normalized spacial score (nSPS) is 14.3. The van der Waals surface area contributed by atoms with Gasteiger partial charge < -0.3 is 9.80 Å². The smallest absolute Gasteiger partial charge is 0.269 e. The summed E-state index contributed by atoms with van der Waals surface area (Å²) in [5.41, 5.74) is 2.19. The zero-order chi connectivity index (χ0) is 18.5. The molecule has 0 spiro atoms. The first-order chi connectivity index (χ1) is 12.5. The molecule has 1 aliphatic rings. The first-order valence-electron chi connectivity index (χ1n) is 8.55. The van der Waals surface area contributed by atoms with Crippen molar-refractivity contribution < 1.29 is 9.72 Å². The highest BCUT2D eigenvalue weighted by atomic mass is 79.9. The fourth-order valence-corrected chi connectivity index (χ4v) is 3.58. The highest BCUT2D eigenvalue weighted by Crippen LogP contribution is 2.21. The summed E-state index contributed by atoms with van der Waals surface area (Å²) in [5.74, 6) is 0.170. The fraction of sp³-hybridized carbons (Fsp3) is 0.316. The first-order valence-corrected chi connectivity index (χ1v) is 9.34. The van der Waals surface area contributed by atoms with Crippen molar-refractivity contribution in [2.45, 2.75) is 12.8 Å². The molecule has 0 aromatic heterocycles. The Morgan fingerprint density at radius 1 is 1.04 bits per heavy atom. The van der Waals surface area contributed by atoms with Crippen molar-refractivity contribution in [3.8, 4) is 0 Å². The van der Waals surface area contributed by atoms with Crippen LogP contribution in [-0.2, 0) is 11.2 Å². The maximum absolute atomic E-state index is 12.5. The van der Waals surface area contributed by atoms with Gasteiger partial charge in [0, 0.05) is 54.9 Å². The number of halogens is 1. The number of carbonyl (C=O) groups is 1. The van der Waals surface area contributed by atoms with E-state index in [1.165, 1.54) is 12.1 Å². The molecule has 0 aliphatic carbocycles. The van der Waals surface area contributed by atoms with Crippen molar-refractivity contribution in [2.75, 3.05) is 31.1 Å². The van der Waals surface area contributed by atoms with Crippen molar-refractivity contribution in [3.05, 3.63) is 68.7 Å². The Bertz CT molecular complexity index is 787. The minimum Gasteiger partial charge on any atom is -0.368 e. The van der Waals surface area contributed by atoms with Gasteiger partial charge in [0.15, 0.2) is 0 Å². The predicted molar refractivity (Wildman–Crippen MR) is 104 cm³/mol. The number of rotatable bonds is 5. The van der Waals surface area contributed by atoms with Crippen molar-refractivity contribution >= 4 is 33.2 Å². The van der Waals surface area contributed by atoms with Gasteiger partial charge in [-0.1, -0.05) is 34.1 Å². The second-order valence-corrected chi connectivity index (χ2v) is 7.09. The third-order valence-electron chi connectivity index (χ3n) is 4.62. The SMILES string of the molecule is O=C(CCc1ccccc1Br)N1CCN(c2ccc([N+](=O)[O-])cc2)CC1. The minimum absolute atomic E-state index is 0.0923. The second-order valence-electron chi connectivity index (χ2n) is 6.23. The third-order valence-corrected chi connectivity index (χ3v) is 5.40. The summed E-state index contributed by atoms with van der Waals surface area (Å²) in [4.78, 5) is 26.9. The van der Waals surface area contributed by atoms with Gasteiger partial charge in [-0.2, -0.15) is 0 Å². The van der Waals surface area contributed by atoms with Crippen LogP contribution in [0.15, 0.2) is 53.0 Å². The molecule has 26 heavy (non-hydrogen) atoms. The van der Waals surface area contributed by atoms with Crippen LogP contribution in [0.3, 0.4) is 0 Å². The van der Waals surface area contributed by atoms with Gasteiger partial charge in [0.05, 0.1) is 4.92 Å². The van der Waals surface area contributed by atoms with Gasteiger partial charge in [0.2, 0.25) is 5.91 Å². The molecule has 6 nitrogen and oxygen atoms in total. The Morgan fingerprint density at radius 2 is 1.69 bits per heavy atom. The van der Waals surface area contributed by atoms with E-state index in [4.69, 9.17) is 0 Å². The van der Waals surface area contributed by atoms with Crippen molar-refractivity contribution in [1.29, 1.82) is 0 Å². The molecule has 0 unspecified atom stereocenters. The summed E-state index contributed by atoms with van der Waals surface area (Å²) < 4.78 is 1.04. The molecule has 0 saturated carbocycles. The lowest BCUT2D eigenvalue weighted by Crippen LogP contribution is -2.48. The molecule has 7 heteroatoms. The van der Waals surface area contributed by atoms with Crippen LogP contribution in [-0.4, -0.2) is 41.9 Å². The number of piperazine rings is 1. The third kappa shape index (κ3) is 4.40. The van der Waals surface area contributed by atoms with Crippen molar-refractivity contribution in [3.63, 3.8) is 0 Å². The predicted octanol–water partition coefficient (Wildman–Crippen LogP) is 3.64. The largest absolute Gasteiger partial charge is 0.368 e. The standard InChI is InChI=1S/C19H20BrN3O3/c20-18-4-2-1-3-15(18)5-10-19(24)22-13-11-21(12-14-22)16-6-8-17(9-7-16)23(25)26/h1-4,6-9H,5,10-14H2. The lowest BCUT2D eigenvalue weighted by Gasteiger charge is -2.36. The molecule has 1 saturated heterocycles. The lowest BCUT2D eigenvalue weighted by molar-refractivity contribution is -0.384. The number of carbonyl (C=O) groups excluding carboxylic acids is 1. The van der Waals surface area contributed by atoms with Gasteiger partial charge in [-0.05, 0) is 30.2 Å². The molecule has 2 aromatic carbocycles. The van der Waals surface area contributed by atoms with Gasteiger partial charge in [-0.15, -0.1) is 0 Å². The summed E-state index contributed by atoms with van der Waals surface area (Å²) in [5, 5.41) is 10.7. The molecule has 0 N–H and O–H groups in total. The minimum atomic E-state index is -0.397. The van der Waals surface area contributed by atoms with Gasteiger partial charge in [-0.3, -0.25) is 14.9 Å². The zero-order valence-corrected chi connectivity index (χ0v) is 15.9. The van der Waals surface area contributed by atoms with E-state index in [1.54, 1.807) is 12.1 Å². The number of anilines is 1. The van der Waals surface area contributed by atoms with Crippen LogP contribution in [0.4, 0.5) is 11.4 Å². The topological polar surface area (TPSA) is 66.7 Å². The van der Waals surface area contributed by atoms with Crippen LogP contribution >= 0.6 is 15.9 Å². The Hall–Kier alpha value is -2.41. The van der Waals surface area contributed by atoms with Crippen LogP contribution in [0.1, 0.15) is 12.0 Å². The maximum Gasteiger partial charge on any atom is 0.269 e. The molecule has 1 aliphatic heterocycles. The van der Waals surface area contributed by atoms with E-state index in [2.05, 4.69) is 20.8 Å². The molecular formula is C19H20BrN3O3. The number of nitro benzene ring substituents is 1. The Kier molecular flexibility index (Phi) is 5.88. The van der Waals surface area contributed by atoms with Crippen molar-refractivity contribution in [1.82, 2.24) is 4.90 Å². The quantitative estimate of drug-likeness (QED) is 0.550. The number of aryl methyl sites for hydroxylation is 1. The van der Waals surface area contributed by atoms with Gasteiger partial charge in [0.25, 0.3) is 5.69 Å². The fourth-order valence-electron chi connectivity index (χ4n) is 3.10.